The summed E-state index contributed by atoms with van der Waals surface area (Å²) in [6.45, 7) is 6.66. The van der Waals surface area contributed by atoms with Crippen LogP contribution in [0.15, 0.2) is 18.2 Å². The molecule has 1 saturated carbocycles. The lowest BCUT2D eigenvalue weighted by atomic mass is 9.95. The van der Waals surface area contributed by atoms with Crippen LogP contribution in [-0.4, -0.2) is 9.97 Å². The molecule has 0 N–H and O–H groups in total. The highest BCUT2D eigenvalue weighted by molar-refractivity contribution is 7.15. The van der Waals surface area contributed by atoms with Gasteiger partial charge in [-0.15, -0.1) is 11.3 Å². The summed E-state index contributed by atoms with van der Waals surface area (Å²) in [6, 6.07) is 6.18. The van der Waals surface area contributed by atoms with E-state index in [4.69, 9.17) is 11.6 Å². The van der Waals surface area contributed by atoms with Crippen molar-refractivity contribution in [2.75, 3.05) is 0 Å². The van der Waals surface area contributed by atoms with Crippen molar-refractivity contribution < 1.29 is 0 Å². The quantitative estimate of drug-likeness (QED) is 0.725. The maximum absolute atomic E-state index is 6.12. The SMILES string of the molecule is CC(C)(C)c1ccc(-c2nc(Cl)cc(C3CC3)n2)s1. The summed E-state index contributed by atoms with van der Waals surface area (Å²) in [4.78, 5) is 11.5. The second-order valence-corrected chi connectivity index (χ2v) is 7.60. The monoisotopic (exact) mass is 292 g/mol. The van der Waals surface area contributed by atoms with Crippen molar-refractivity contribution in [3.05, 3.63) is 33.9 Å². The molecule has 100 valence electrons. The van der Waals surface area contributed by atoms with Crippen LogP contribution in [0.4, 0.5) is 0 Å². The van der Waals surface area contributed by atoms with Crippen LogP contribution in [0.2, 0.25) is 5.15 Å². The Hall–Kier alpha value is -0.930. The largest absolute Gasteiger partial charge is 0.232 e. The number of nitrogens with zero attached hydrogens (tertiary/aromatic N) is 2. The Morgan fingerprint density at radius 1 is 1.21 bits per heavy atom. The van der Waals surface area contributed by atoms with Crippen molar-refractivity contribution in [3.63, 3.8) is 0 Å². The molecule has 3 rings (SSSR count). The minimum atomic E-state index is 0.167. The Morgan fingerprint density at radius 3 is 2.53 bits per heavy atom. The van der Waals surface area contributed by atoms with Gasteiger partial charge in [-0.25, -0.2) is 9.97 Å². The van der Waals surface area contributed by atoms with Crippen molar-refractivity contribution in [2.45, 2.75) is 44.9 Å². The standard InChI is InChI=1S/C15H17ClN2S/c1-15(2,3)12-7-6-11(19-12)14-17-10(9-4-5-9)8-13(16)18-14/h6-9H,4-5H2,1-3H3. The third-order valence-electron chi connectivity index (χ3n) is 3.28. The molecular weight excluding hydrogens is 276 g/mol. The normalized spacial score (nSPS) is 15.8. The molecule has 0 aliphatic heterocycles. The molecule has 2 heterocycles. The number of hydrogen-bond acceptors (Lipinski definition) is 3. The van der Waals surface area contributed by atoms with Gasteiger partial charge in [0.05, 0.1) is 4.88 Å². The fourth-order valence-electron chi connectivity index (χ4n) is 1.99. The van der Waals surface area contributed by atoms with Gasteiger partial charge in [0.2, 0.25) is 0 Å². The van der Waals surface area contributed by atoms with E-state index in [0.717, 1.165) is 16.4 Å². The van der Waals surface area contributed by atoms with E-state index in [2.05, 4.69) is 42.9 Å². The summed E-state index contributed by atoms with van der Waals surface area (Å²) in [7, 11) is 0. The Kier molecular flexibility index (Phi) is 3.14. The molecular formula is C15H17ClN2S. The van der Waals surface area contributed by atoms with Gasteiger partial charge in [0.25, 0.3) is 0 Å². The van der Waals surface area contributed by atoms with E-state index < -0.39 is 0 Å². The molecule has 0 unspecified atom stereocenters. The highest BCUT2D eigenvalue weighted by atomic mass is 35.5. The molecule has 1 aliphatic carbocycles. The highest BCUT2D eigenvalue weighted by Gasteiger charge is 2.26. The van der Waals surface area contributed by atoms with Gasteiger partial charge in [-0.05, 0) is 36.5 Å². The van der Waals surface area contributed by atoms with E-state index in [1.54, 1.807) is 11.3 Å². The zero-order valence-electron chi connectivity index (χ0n) is 11.4. The first-order chi connectivity index (χ1) is 8.93. The zero-order valence-corrected chi connectivity index (χ0v) is 13.0. The predicted molar refractivity (Wildman–Crippen MR) is 81.0 cm³/mol. The molecule has 0 bridgehead atoms. The zero-order chi connectivity index (χ0) is 13.6. The van der Waals surface area contributed by atoms with Gasteiger partial charge in [-0.2, -0.15) is 0 Å². The lowest BCUT2D eigenvalue weighted by Crippen LogP contribution is -2.07. The van der Waals surface area contributed by atoms with Gasteiger partial charge in [0.1, 0.15) is 5.15 Å². The van der Waals surface area contributed by atoms with Crippen LogP contribution < -0.4 is 0 Å². The maximum Gasteiger partial charge on any atom is 0.171 e. The predicted octanol–water partition coefficient (Wildman–Crippen LogP) is 5.03. The van der Waals surface area contributed by atoms with Crippen molar-refractivity contribution in [3.8, 4) is 10.7 Å². The minimum absolute atomic E-state index is 0.167. The Labute approximate surface area is 122 Å². The number of hydrogen-bond donors (Lipinski definition) is 0. The summed E-state index contributed by atoms with van der Waals surface area (Å²) in [5.74, 6) is 1.37. The molecule has 1 fully saturated rings. The van der Waals surface area contributed by atoms with Gasteiger partial charge in [-0.3, -0.25) is 0 Å². The van der Waals surface area contributed by atoms with Gasteiger partial charge in [-0.1, -0.05) is 32.4 Å². The van der Waals surface area contributed by atoms with Gasteiger partial charge < -0.3 is 0 Å². The third-order valence-corrected chi connectivity index (χ3v) is 4.98. The van der Waals surface area contributed by atoms with Crippen LogP contribution in [0.5, 0.6) is 0 Å². The molecule has 0 aromatic carbocycles. The summed E-state index contributed by atoms with van der Waals surface area (Å²) in [6.07, 6.45) is 2.45. The molecule has 0 spiro atoms. The molecule has 2 aromatic rings. The Bertz CT molecular complexity index is 609. The second-order valence-electron chi connectivity index (χ2n) is 6.13. The first-order valence-electron chi connectivity index (χ1n) is 6.58. The van der Waals surface area contributed by atoms with E-state index >= 15 is 0 Å². The lowest BCUT2D eigenvalue weighted by Gasteiger charge is -2.15. The fraction of sp³-hybridized carbons (Fsp3) is 0.467. The number of thiophene rings is 1. The number of rotatable bonds is 2. The van der Waals surface area contributed by atoms with E-state index in [1.165, 1.54) is 17.7 Å². The Morgan fingerprint density at radius 2 is 1.95 bits per heavy atom. The number of halogens is 1. The van der Waals surface area contributed by atoms with Gasteiger partial charge in [0.15, 0.2) is 5.82 Å². The summed E-state index contributed by atoms with van der Waals surface area (Å²) in [5.41, 5.74) is 1.27. The molecule has 1 aliphatic rings. The lowest BCUT2D eigenvalue weighted by molar-refractivity contribution is 0.604. The van der Waals surface area contributed by atoms with Crippen molar-refractivity contribution in [1.82, 2.24) is 9.97 Å². The molecule has 0 radical (unpaired) electrons. The summed E-state index contributed by atoms with van der Waals surface area (Å²) >= 11 is 7.88. The molecule has 0 amide bonds. The molecule has 0 atom stereocenters. The molecule has 2 nitrogen and oxygen atoms in total. The van der Waals surface area contributed by atoms with Crippen molar-refractivity contribution in [2.24, 2.45) is 0 Å². The van der Waals surface area contributed by atoms with Gasteiger partial charge in [0, 0.05) is 16.5 Å². The first kappa shape index (κ1) is 13.1. The van der Waals surface area contributed by atoms with Crippen molar-refractivity contribution >= 4 is 22.9 Å². The smallest absolute Gasteiger partial charge is 0.171 e. The number of aromatic nitrogens is 2. The maximum atomic E-state index is 6.12. The second kappa shape index (κ2) is 4.57. The van der Waals surface area contributed by atoms with Crippen LogP contribution in [0, 0.1) is 0 Å². The molecule has 0 saturated heterocycles. The topological polar surface area (TPSA) is 25.8 Å². The fourth-order valence-corrected chi connectivity index (χ4v) is 3.18. The van der Waals surface area contributed by atoms with Crippen LogP contribution >= 0.6 is 22.9 Å². The average Bonchev–Trinajstić information content (AvgIpc) is 3.03. The third kappa shape index (κ3) is 2.82. The van der Waals surface area contributed by atoms with E-state index in [0.29, 0.717) is 11.1 Å². The first-order valence-corrected chi connectivity index (χ1v) is 7.78. The summed E-state index contributed by atoms with van der Waals surface area (Å²) in [5, 5.41) is 0.553. The molecule has 19 heavy (non-hydrogen) atoms. The van der Waals surface area contributed by atoms with Crippen molar-refractivity contribution in [1.29, 1.82) is 0 Å². The van der Waals surface area contributed by atoms with E-state index in [9.17, 15) is 0 Å². The van der Waals surface area contributed by atoms with Crippen LogP contribution in [0.1, 0.15) is 50.1 Å². The molecule has 4 heteroatoms. The molecule has 2 aromatic heterocycles. The Balaban J connectivity index is 1.99. The highest BCUT2D eigenvalue weighted by Crippen LogP contribution is 2.41. The van der Waals surface area contributed by atoms with E-state index in [-0.39, 0.29) is 5.41 Å². The van der Waals surface area contributed by atoms with Crippen LogP contribution in [0.25, 0.3) is 10.7 Å². The van der Waals surface area contributed by atoms with E-state index in [1.807, 2.05) is 6.07 Å². The minimum Gasteiger partial charge on any atom is -0.232 e. The van der Waals surface area contributed by atoms with Gasteiger partial charge >= 0.3 is 0 Å². The summed E-state index contributed by atoms with van der Waals surface area (Å²) < 4.78 is 0. The van der Waals surface area contributed by atoms with Crippen LogP contribution in [-0.2, 0) is 5.41 Å². The average molecular weight is 293 g/mol. The van der Waals surface area contributed by atoms with Crippen LogP contribution in [0.3, 0.4) is 0 Å².